The van der Waals surface area contributed by atoms with Gasteiger partial charge < -0.3 is 0 Å². The predicted molar refractivity (Wildman–Crippen MR) is 82.0 cm³/mol. The van der Waals surface area contributed by atoms with E-state index in [-0.39, 0.29) is 5.82 Å². The Bertz CT molecular complexity index is 814. The van der Waals surface area contributed by atoms with Crippen LogP contribution in [0.5, 0.6) is 0 Å². The number of aromatic nitrogens is 2. The lowest BCUT2D eigenvalue weighted by Gasteiger charge is -2.02. The Morgan fingerprint density at radius 3 is 2.67 bits per heavy atom. The van der Waals surface area contributed by atoms with E-state index in [9.17, 15) is 9.18 Å². The highest BCUT2D eigenvalue weighted by atomic mass is 79.9. The van der Waals surface area contributed by atoms with Crippen LogP contribution in [0.4, 0.5) is 4.39 Å². The Balaban J connectivity index is 2.15. The molecule has 0 unspecified atom stereocenters. The minimum absolute atomic E-state index is 0.349. The molecule has 3 aromatic rings. The summed E-state index contributed by atoms with van der Waals surface area (Å²) in [7, 11) is 0. The highest BCUT2D eigenvalue weighted by Crippen LogP contribution is 2.29. The SMILES string of the molecule is O=Cc1cn(-c2cccc(F)c2)nc1-c1ccccc1Br. The maximum atomic E-state index is 13.3. The van der Waals surface area contributed by atoms with Gasteiger partial charge in [-0.05, 0) is 24.3 Å². The molecule has 0 aliphatic carbocycles. The highest BCUT2D eigenvalue weighted by Gasteiger charge is 2.14. The molecular formula is C16H10BrFN2O. The number of nitrogens with zero attached hydrogens (tertiary/aromatic N) is 2. The Labute approximate surface area is 129 Å². The fraction of sp³-hybridized carbons (Fsp3) is 0. The minimum atomic E-state index is -0.349. The van der Waals surface area contributed by atoms with Gasteiger partial charge in [0.25, 0.3) is 0 Å². The number of aldehydes is 1. The molecule has 0 radical (unpaired) electrons. The molecule has 0 saturated heterocycles. The summed E-state index contributed by atoms with van der Waals surface area (Å²) < 4.78 is 15.7. The van der Waals surface area contributed by atoms with E-state index in [2.05, 4.69) is 21.0 Å². The topological polar surface area (TPSA) is 34.9 Å². The van der Waals surface area contributed by atoms with Crippen molar-refractivity contribution in [2.45, 2.75) is 0 Å². The van der Waals surface area contributed by atoms with Gasteiger partial charge in [-0.15, -0.1) is 0 Å². The molecule has 3 nitrogen and oxygen atoms in total. The number of benzene rings is 2. The third-order valence-corrected chi connectivity index (χ3v) is 3.76. The van der Waals surface area contributed by atoms with Crippen LogP contribution >= 0.6 is 15.9 Å². The molecule has 104 valence electrons. The fourth-order valence-electron chi connectivity index (χ4n) is 2.09. The normalized spacial score (nSPS) is 10.6. The summed E-state index contributed by atoms with van der Waals surface area (Å²) in [6.07, 6.45) is 2.34. The molecule has 0 atom stereocenters. The number of rotatable bonds is 3. The molecule has 0 spiro atoms. The Morgan fingerprint density at radius 1 is 1.14 bits per heavy atom. The van der Waals surface area contributed by atoms with Gasteiger partial charge in [0.1, 0.15) is 11.5 Å². The largest absolute Gasteiger partial charge is 0.298 e. The van der Waals surface area contributed by atoms with E-state index in [4.69, 9.17) is 0 Å². The van der Waals surface area contributed by atoms with Crippen LogP contribution < -0.4 is 0 Å². The van der Waals surface area contributed by atoms with Crippen molar-refractivity contribution in [3.8, 4) is 16.9 Å². The first-order valence-corrected chi connectivity index (χ1v) is 7.04. The standard InChI is InChI=1S/C16H10BrFN2O/c17-15-7-2-1-6-14(15)16-11(10-21)9-20(19-16)13-5-3-4-12(18)8-13/h1-10H. The van der Waals surface area contributed by atoms with Gasteiger partial charge in [-0.2, -0.15) is 5.10 Å². The molecule has 0 saturated carbocycles. The number of carbonyl (C=O) groups excluding carboxylic acids is 1. The van der Waals surface area contributed by atoms with Gasteiger partial charge in [-0.1, -0.05) is 40.2 Å². The number of hydrogen-bond acceptors (Lipinski definition) is 2. The second-order valence-electron chi connectivity index (χ2n) is 4.46. The molecule has 1 aromatic heterocycles. The molecule has 21 heavy (non-hydrogen) atoms. The molecule has 0 fully saturated rings. The quantitative estimate of drug-likeness (QED) is 0.665. The molecule has 1 heterocycles. The Kier molecular flexibility index (Phi) is 3.66. The first-order chi connectivity index (χ1) is 10.2. The minimum Gasteiger partial charge on any atom is -0.298 e. The van der Waals surface area contributed by atoms with Gasteiger partial charge >= 0.3 is 0 Å². The monoisotopic (exact) mass is 344 g/mol. The molecule has 0 aliphatic heterocycles. The van der Waals surface area contributed by atoms with Gasteiger partial charge in [0.15, 0.2) is 6.29 Å². The van der Waals surface area contributed by atoms with Crippen LogP contribution in [0, 0.1) is 5.82 Å². The van der Waals surface area contributed by atoms with E-state index in [0.717, 1.165) is 16.3 Å². The summed E-state index contributed by atoms with van der Waals surface area (Å²) in [5, 5.41) is 4.41. The predicted octanol–water partition coefficient (Wildman–Crippen LogP) is 4.25. The van der Waals surface area contributed by atoms with Crippen molar-refractivity contribution in [3.63, 3.8) is 0 Å². The third kappa shape index (κ3) is 2.64. The van der Waals surface area contributed by atoms with Gasteiger partial charge in [0, 0.05) is 16.2 Å². The summed E-state index contributed by atoms with van der Waals surface area (Å²) in [5.41, 5.74) is 2.39. The van der Waals surface area contributed by atoms with E-state index in [1.165, 1.54) is 16.8 Å². The van der Waals surface area contributed by atoms with Crippen molar-refractivity contribution < 1.29 is 9.18 Å². The molecule has 0 amide bonds. The van der Waals surface area contributed by atoms with Crippen molar-refractivity contribution in [3.05, 3.63) is 70.6 Å². The smallest absolute Gasteiger partial charge is 0.153 e. The summed E-state index contributed by atoms with van der Waals surface area (Å²) in [6, 6.07) is 13.6. The van der Waals surface area contributed by atoms with Crippen LogP contribution in [0.25, 0.3) is 16.9 Å². The van der Waals surface area contributed by atoms with Crippen molar-refractivity contribution in [1.82, 2.24) is 9.78 Å². The lowest BCUT2D eigenvalue weighted by molar-refractivity contribution is 0.112. The molecule has 2 aromatic carbocycles. The van der Waals surface area contributed by atoms with Crippen LogP contribution in [0.2, 0.25) is 0 Å². The zero-order valence-corrected chi connectivity index (χ0v) is 12.4. The van der Waals surface area contributed by atoms with E-state index >= 15 is 0 Å². The van der Waals surface area contributed by atoms with Gasteiger partial charge in [-0.3, -0.25) is 4.79 Å². The van der Waals surface area contributed by atoms with E-state index < -0.39 is 0 Å². The maximum absolute atomic E-state index is 13.3. The average molecular weight is 345 g/mol. The van der Waals surface area contributed by atoms with Crippen molar-refractivity contribution in [2.24, 2.45) is 0 Å². The van der Waals surface area contributed by atoms with E-state index in [0.29, 0.717) is 16.9 Å². The highest BCUT2D eigenvalue weighted by molar-refractivity contribution is 9.10. The van der Waals surface area contributed by atoms with Crippen LogP contribution in [-0.4, -0.2) is 16.1 Å². The molecule has 3 rings (SSSR count). The molecular weight excluding hydrogens is 335 g/mol. The molecule has 0 bridgehead atoms. The lowest BCUT2D eigenvalue weighted by Crippen LogP contribution is -1.95. The average Bonchev–Trinajstić information content (AvgIpc) is 2.92. The van der Waals surface area contributed by atoms with Gasteiger partial charge in [-0.25, -0.2) is 9.07 Å². The summed E-state index contributed by atoms with van der Waals surface area (Å²) >= 11 is 3.45. The summed E-state index contributed by atoms with van der Waals surface area (Å²) in [5.74, 6) is -0.349. The van der Waals surface area contributed by atoms with E-state index in [1.54, 1.807) is 18.3 Å². The zero-order valence-electron chi connectivity index (χ0n) is 10.8. The fourth-order valence-corrected chi connectivity index (χ4v) is 2.56. The maximum Gasteiger partial charge on any atom is 0.153 e. The van der Waals surface area contributed by atoms with Crippen LogP contribution in [0.1, 0.15) is 10.4 Å². The van der Waals surface area contributed by atoms with Crippen LogP contribution in [0.15, 0.2) is 59.2 Å². The Morgan fingerprint density at radius 2 is 1.95 bits per heavy atom. The summed E-state index contributed by atoms with van der Waals surface area (Å²) in [6.45, 7) is 0. The number of hydrogen-bond donors (Lipinski definition) is 0. The Hall–Kier alpha value is -2.27. The van der Waals surface area contributed by atoms with Gasteiger partial charge in [0.05, 0.1) is 11.3 Å². The second-order valence-corrected chi connectivity index (χ2v) is 5.31. The zero-order chi connectivity index (χ0) is 14.8. The van der Waals surface area contributed by atoms with Crippen molar-refractivity contribution in [2.75, 3.05) is 0 Å². The third-order valence-electron chi connectivity index (χ3n) is 3.07. The second kappa shape index (κ2) is 5.61. The first-order valence-electron chi connectivity index (χ1n) is 6.25. The lowest BCUT2D eigenvalue weighted by atomic mass is 10.1. The van der Waals surface area contributed by atoms with Crippen LogP contribution in [-0.2, 0) is 0 Å². The molecule has 0 N–H and O–H groups in total. The van der Waals surface area contributed by atoms with Crippen LogP contribution in [0.3, 0.4) is 0 Å². The van der Waals surface area contributed by atoms with Crippen molar-refractivity contribution in [1.29, 1.82) is 0 Å². The van der Waals surface area contributed by atoms with Crippen molar-refractivity contribution >= 4 is 22.2 Å². The first kappa shape index (κ1) is 13.7. The summed E-state index contributed by atoms with van der Waals surface area (Å²) in [4.78, 5) is 11.3. The van der Waals surface area contributed by atoms with Gasteiger partial charge in [0.2, 0.25) is 0 Å². The number of halogens is 2. The van der Waals surface area contributed by atoms with E-state index in [1.807, 2.05) is 24.3 Å². The molecule has 5 heteroatoms. The molecule has 0 aliphatic rings. The number of carbonyl (C=O) groups is 1.